The van der Waals surface area contributed by atoms with E-state index >= 15 is 0 Å². The number of rotatable bonds is 3. The molecule has 1 aliphatic carbocycles. The number of nitrogens with zero attached hydrogens (tertiary/aromatic N) is 1. The second-order valence-electron chi connectivity index (χ2n) is 8.23. The van der Waals surface area contributed by atoms with Gasteiger partial charge in [0, 0.05) is 23.1 Å². The van der Waals surface area contributed by atoms with Gasteiger partial charge in [-0.1, -0.05) is 84.4 Å². The fraction of sp³-hybridized carbons (Fsp3) is 0.0690. The molecular formula is C29H22N2. The second-order valence-corrected chi connectivity index (χ2v) is 8.23. The molecule has 1 N–H and O–H groups in total. The third-order valence-corrected chi connectivity index (χ3v) is 6.16. The maximum absolute atomic E-state index is 5.19. The van der Waals surface area contributed by atoms with Gasteiger partial charge in [-0.15, -0.1) is 0 Å². The Kier molecular flexibility index (Phi) is 4.10. The molecule has 2 nitrogen and oxygen atoms in total. The molecule has 31 heavy (non-hydrogen) atoms. The number of aryl methyl sites for hydroxylation is 1. The van der Waals surface area contributed by atoms with Crippen LogP contribution < -0.4 is 5.32 Å². The van der Waals surface area contributed by atoms with Crippen LogP contribution in [0, 0.1) is 6.92 Å². The summed E-state index contributed by atoms with van der Waals surface area (Å²) in [5, 5.41) is 4.80. The quantitative estimate of drug-likeness (QED) is 0.333. The van der Waals surface area contributed by atoms with E-state index in [1.807, 2.05) is 6.07 Å². The molecule has 148 valence electrons. The predicted molar refractivity (Wildman–Crippen MR) is 130 cm³/mol. The Bertz CT molecular complexity index is 1420. The van der Waals surface area contributed by atoms with Crippen LogP contribution >= 0.6 is 0 Å². The Morgan fingerprint density at radius 3 is 2.35 bits per heavy atom. The number of aromatic nitrogens is 1. The highest BCUT2D eigenvalue weighted by Gasteiger charge is 2.22. The maximum atomic E-state index is 5.19. The van der Waals surface area contributed by atoms with Crippen LogP contribution in [0.3, 0.4) is 0 Å². The number of pyridine rings is 1. The standard InChI is InChI=1S/C29H22N2/c1-19-11-13-20(14-12-19)27-18-28(30-22-8-3-2-4-9-22)25-16-15-24-23-10-6-5-7-21(23)17-26(24)29(25)31-27/h2-16,18H,17H2,1H3,(H,30,31). The topological polar surface area (TPSA) is 24.9 Å². The van der Waals surface area contributed by atoms with Crippen molar-refractivity contribution in [3.63, 3.8) is 0 Å². The molecule has 0 atom stereocenters. The van der Waals surface area contributed by atoms with Gasteiger partial charge in [0.25, 0.3) is 0 Å². The van der Waals surface area contributed by atoms with E-state index in [0.29, 0.717) is 0 Å². The van der Waals surface area contributed by atoms with E-state index in [1.165, 1.54) is 27.8 Å². The molecule has 0 bridgehead atoms. The summed E-state index contributed by atoms with van der Waals surface area (Å²) in [6, 6.07) is 34.3. The zero-order valence-electron chi connectivity index (χ0n) is 17.4. The monoisotopic (exact) mass is 398 g/mol. The van der Waals surface area contributed by atoms with Crippen LogP contribution in [0.1, 0.15) is 16.7 Å². The second kappa shape index (κ2) is 7.10. The molecule has 0 fully saturated rings. The van der Waals surface area contributed by atoms with Crippen LogP contribution in [-0.2, 0) is 6.42 Å². The van der Waals surface area contributed by atoms with Gasteiger partial charge in [-0.25, -0.2) is 4.98 Å². The van der Waals surface area contributed by atoms with Gasteiger partial charge in [-0.3, -0.25) is 0 Å². The molecule has 4 aromatic carbocycles. The van der Waals surface area contributed by atoms with Crippen molar-refractivity contribution in [1.82, 2.24) is 4.98 Å². The van der Waals surface area contributed by atoms with Crippen molar-refractivity contribution in [2.24, 2.45) is 0 Å². The smallest absolute Gasteiger partial charge is 0.0771 e. The fourth-order valence-electron chi connectivity index (χ4n) is 4.56. The van der Waals surface area contributed by atoms with Gasteiger partial charge in [0.1, 0.15) is 0 Å². The third kappa shape index (κ3) is 3.08. The zero-order chi connectivity index (χ0) is 20.8. The lowest BCUT2D eigenvalue weighted by Crippen LogP contribution is -1.97. The van der Waals surface area contributed by atoms with E-state index in [2.05, 4.69) is 103 Å². The number of hydrogen-bond acceptors (Lipinski definition) is 2. The first-order valence-electron chi connectivity index (χ1n) is 10.7. The third-order valence-electron chi connectivity index (χ3n) is 6.16. The molecule has 0 saturated carbocycles. The first-order valence-corrected chi connectivity index (χ1v) is 10.7. The van der Waals surface area contributed by atoms with E-state index in [1.54, 1.807) is 0 Å². The first-order chi connectivity index (χ1) is 15.3. The molecule has 5 aromatic rings. The van der Waals surface area contributed by atoms with Gasteiger partial charge in [0.05, 0.1) is 16.9 Å². The van der Waals surface area contributed by atoms with Crippen molar-refractivity contribution in [3.8, 4) is 22.4 Å². The summed E-state index contributed by atoms with van der Waals surface area (Å²) < 4.78 is 0. The summed E-state index contributed by atoms with van der Waals surface area (Å²) in [6.45, 7) is 2.12. The minimum Gasteiger partial charge on any atom is -0.355 e. The number of para-hydroxylation sites is 1. The summed E-state index contributed by atoms with van der Waals surface area (Å²) in [5.41, 5.74) is 12.0. The summed E-state index contributed by atoms with van der Waals surface area (Å²) >= 11 is 0. The van der Waals surface area contributed by atoms with Gasteiger partial charge in [0.15, 0.2) is 0 Å². The molecule has 0 amide bonds. The normalized spacial score (nSPS) is 11.9. The molecule has 0 radical (unpaired) electrons. The molecule has 2 heteroatoms. The molecule has 1 heterocycles. The van der Waals surface area contributed by atoms with Gasteiger partial charge < -0.3 is 5.32 Å². The molecule has 6 rings (SSSR count). The number of hydrogen-bond donors (Lipinski definition) is 1. The van der Waals surface area contributed by atoms with Crippen LogP contribution in [-0.4, -0.2) is 4.98 Å². The Labute approximate surface area is 182 Å². The summed E-state index contributed by atoms with van der Waals surface area (Å²) in [6.07, 6.45) is 0.929. The van der Waals surface area contributed by atoms with Crippen LogP contribution in [0.2, 0.25) is 0 Å². The van der Waals surface area contributed by atoms with Gasteiger partial charge in [0.2, 0.25) is 0 Å². The number of anilines is 2. The number of benzene rings is 4. The van der Waals surface area contributed by atoms with Crippen LogP contribution in [0.5, 0.6) is 0 Å². The SMILES string of the molecule is Cc1ccc(-c2cc(Nc3ccccc3)c3ccc4c(c3n2)Cc2ccccc2-4)cc1. The van der Waals surface area contributed by atoms with E-state index in [0.717, 1.165) is 40.0 Å². The van der Waals surface area contributed by atoms with Crippen molar-refractivity contribution in [2.45, 2.75) is 13.3 Å². The minimum absolute atomic E-state index is 0.929. The highest BCUT2D eigenvalue weighted by molar-refractivity contribution is 6.01. The van der Waals surface area contributed by atoms with E-state index < -0.39 is 0 Å². The highest BCUT2D eigenvalue weighted by atomic mass is 14.9. The number of fused-ring (bicyclic) bond motifs is 5. The van der Waals surface area contributed by atoms with Gasteiger partial charge in [-0.2, -0.15) is 0 Å². The van der Waals surface area contributed by atoms with Crippen molar-refractivity contribution >= 4 is 22.3 Å². The zero-order valence-corrected chi connectivity index (χ0v) is 17.4. The molecular weight excluding hydrogens is 376 g/mol. The molecule has 0 unspecified atom stereocenters. The Morgan fingerprint density at radius 2 is 1.52 bits per heavy atom. The summed E-state index contributed by atoms with van der Waals surface area (Å²) in [5.74, 6) is 0. The molecule has 1 aromatic heterocycles. The van der Waals surface area contributed by atoms with Crippen molar-refractivity contribution in [2.75, 3.05) is 5.32 Å². The van der Waals surface area contributed by atoms with E-state index in [9.17, 15) is 0 Å². The van der Waals surface area contributed by atoms with Crippen molar-refractivity contribution < 1.29 is 0 Å². The van der Waals surface area contributed by atoms with Crippen molar-refractivity contribution in [3.05, 3.63) is 114 Å². The lowest BCUT2D eigenvalue weighted by Gasteiger charge is -2.15. The van der Waals surface area contributed by atoms with Crippen molar-refractivity contribution in [1.29, 1.82) is 0 Å². The molecule has 0 spiro atoms. The Balaban J connectivity index is 1.59. The van der Waals surface area contributed by atoms with Crippen LogP contribution in [0.15, 0.2) is 97.1 Å². The largest absolute Gasteiger partial charge is 0.355 e. The fourth-order valence-corrected chi connectivity index (χ4v) is 4.56. The highest BCUT2D eigenvalue weighted by Crippen LogP contribution is 2.42. The number of nitrogens with one attached hydrogen (secondary N) is 1. The maximum Gasteiger partial charge on any atom is 0.0771 e. The van der Waals surface area contributed by atoms with Crippen LogP contribution in [0.25, 0.3) is 33.3 Å². The van der Waals surface area contributed by atoms with Gasteiger partial charge in [-0.05, 0) is 47.4 Å². The van der Waals surface area contributed by atoms with E-state index in [-0.39, 0.29) is 0 Å². The summed E-state index contributed by atoms with van der Waals surface area (Å²) in [4.78, 5) is 5.19. The average Bonchev–Trinajstić information content (AvgIpc) is 3.19. The van der Waals surface area contributed by atoms with Crippen LogP contribution in [0.4, 0.5) is 11.4 Å². The predicted octanol–water partition coefficient (Wildman–Crippen LogP) is 7.53. The van der Waals surface area contributed by atoms with E-state index in [4.69, 9.17) is 4.98 Å². The lowest BCUT2D eigenvalue weighted by molar-refractivity contribution is 1.25. The Hall–Kier alpha value is -3.91. The molecule has 0 aliphatic heterocycles. The minimum atomic E-state index is 0.929. The first kappa shape index (κ1) is 17.9. The van der Waals surface area contributed by atoms with Gasteiger partial charge >= 0.3 is 0 Å². The lowest BCUT2D eigenvalue weighted by atomic mass is 10.00. The summed E-state index contributed by atoms with van der Waals surface area (Å²) in [7, 11) is 0. The molecule has 1 aliphatic rings. The average molecular weight is 399 g/mol. The molecule has 0 saturated heterocycles. The Morgan fingerprint density at radius 1 is 0.742 bits per heavy atom.